The van der Waals surface area contributed by atoms with Gasteiger partial charge in [0.25, 0.3) is 7.82 Å². The third kappa shape index (κ3) is 61.2. The molecule has 0 saturated carbocycles. The zero-order chi connectivity index (χ0) is 56.3. The number of aliphatic hydroxyl groups excluding tert-OH is 1. The highest BCUT2D eigenvalue weighted by Crippen LogP contribution is 2.38. The Morgan fingerprint density at radius 3 is 1.21 bits per heavy atom. The van der Waals surface area contributed by atoms with E-state index in [-0.39, 0.29) is 12.5 Å². The van der Waals surface area contributed by atoms with E-state index in [0.717, 1.165) is 70.6 Å². The molecule has 0 fully saturated rings. The second-order valence-electron chi connectivity index (χ2n) is 23.1. The maximum absolute atomic E-state index is 13.0. The van der Waals surface area contributed by atoms with E-state index in [1.54, 1.807) is 6.08 Å². The number of rotatable bonds is 59. The lowest BCUT2D eigenvalue weighted by atomic mass is 10.0. The van der Waals surface area contributed by atoms with Gasteiger partial charge in [0.05, 0.1) is 39.9 Å². The van der Waals surface area contributed by atoms with Crippen LogP contribution in [-0.4, -0.2) is 68.5 Å². The summed E-state index contributed by atoms with van der Waals surface area (Å²) in [5.41, 5.74) is 0. The molecule has 9 heteroatoms. The molecule has 2 N–H and O–H groups in total. The number of likely N-dealkylation sites (N-methyl/N-ethyl adjacent to an activating group) is 1. The standard InChI is InChI=1S/C68H125N2O6P/c1-6-8-10-12-14-16-18-20-22-24-26-27-28-29-30-31-32-33-34-35-36-37-38-39-40-41-42-43-44-46-48-50-52-54-56-58-60-62-68(72)69-66(65-76-77(73,74)75-64-63-70(3,4)5)67(71)61-59-57-55-53-51-49-47-45-25-23-21-19-17-15-13-11-9-7-2/h8,10,14,16,20,22,25-27,45,51,53,59,61,66-67,71H,6-7,9,11-13,15,17-19,21,23-24,28-44,46-50,52,54-58,60,62-65H2,1-5H3,(H-,69,72,73,74)/b10-8-,16-14-,22-20-,27-26-,45-25+,53-51+,61-59+. The van der Waals surface area contributed by atoms with E-state index in [2.05, 4.69) is 92.1 Å². The molecule has 0 saturated heterocycles. The molecule has 0 aromatic heterocycles. The van der Waals surface area contributed by atoms with E-state index < -0.39 is 26.6 Å². The van der Waals surface area contributed by atoms with Gasteiger partial charge in [-0.15, -0.1) is 0 Å². The van der Waals surface area contributed by atoms with Crippen LogP contribution in [0.15, 0.2) is 85.1 Å². The molecular weight excluding hydrogens is 972 g/mol. The van der Waals surface area contributed by atoms with E-state index in [4.69, 9.17) is 9.05 Å². The number of carbonyl (C=O) groups is 1. The fourth-order valence-electron chi connectivity index (χ4n) is 9.30. The minimum absolute atomic E-state index is 0.00985. The summed E-state index contributed by atoms with van der Waals surface area (Å²) in [6.45, 7) is 4.52. The first-order valence-electron chi connectivity index (χ1n) is 32.4. The number of nitrogens with one attached hydrogen (secondary N) is 1. The second-order valence-corrected chi connectivity index (χ2v) is 24.5. The van der Waals surface area contributed by atoms with Crippen molar-refractivity contribution in [3.63, 3.8) is 0 Å². The van der Waals surface area contributed by atoms with Crippen LogP contribution in [0.25, 0.3) is 0 Å². The van der Waals surface area contributed by atoms with Gasteiger partial charge < -0.3 is 28.8 Å². The lowest BCUT2D eigenvalue weighted by Gasteiger charge is -2.29. The van der Waals surface area contributed by atoms with Crippen molar-refractivity contribution in [1.82, 2.24) is 5.32 Å². The molecule has 0 heterocycles. The SMILES string of the molecule is CC/C=C\C/C=C\C/C=C\C/C=C\CCCCCCCCCCCCCCCCCCCCCCCCCCC(=O)NC(COP(=O)([O-])OCC[N+](C)(C)C)C(O)/C=C/CC/C=C/CC/C=C/CCCCCCCCCC. The number of phosphoric acid groups is 1. The van der Waals surface area contributed by atoms with Gasteiger partial charge in [-0.25, -0.2) is 0 Å². The maximum Gasteiger partial charge on any atom is 0.268 e. The Balaban J connectivity index is 4.02. The highest BCUT2D eigenvalue weighted by molar-refractivity contribution is 7.45. The third-order valence-corrected chi connectivity index (χ3v) is 15.3. The fourth-order valence-corrected chi connectivity index (χ4v) is 10.0. The van der Waals surface area contributed by atoms with Crippen molar-refractivity contribution >= 4 is 13.7 Å². The smallest absolute Gasteiger partial charge is 0.268 e. The molecular formula is C68H125N2O6P. The molecule has 0 aromatic rings. The van der Waals surface area contributed by atoms with Crippen molar-refractivity contribution in [2.24, 2.45) is 0 Å². The van der Waals surface area contributed by atoms with Gasteiger partial charge in [0.15, 0.2) is 0 Å². The van der Waals surface area contributed by atoms with Crippen molar-refractivity contribution in [3.05, 3.63) is 85.1 Å². The monoisotopic (exact) mass is 1100 g/mol. The van der Waals surface area contributed by atoms with Crippen LogP contribution in [0.2, 0.25) is 0 Å². The molecule has 77 heavy (non-hydrogen) atoms. The summed E-state index contributed by atoms with van der Waals surface area (Å²) in [7, 11) is 1.24. The summed E-state index contributed by atoms with van der Waals surface area (Å²) in [6, 6.07) is -0.912. The van der Waals surface area contributed by atoms with E-state index in [0.29, 0.717) is 17.4 Å². The molecule has 8 nitrogen and oxygen atoms in total. The summed E-state index contributed by atoms with van der Waals surface area (Å²) >= 11 is 0. The first-order chi connectivity index (χ1) is 37.5. The Bertz CT molecular complexity index is 1530. The largest absolute Gasteiger partial charge is 0.756 e. The van der Waals surface area contributed by atoms with Crippen LogP contribution in [0.3, 0.4) is 0 Å². The zero-order valence-electron chi connectivity index (χ0n) is 51.1. The molecule has 1 amide bonds. The second kappa shape index (κ2) is 58.3. The van der Waals surface area contributed by atoms with Gasteiger partial charge in [-0.2, -0.15) is 0 Å². The Morgan fingerprint density at radius 1 is 0.468 bits per heavy atom. The number of carbonyl (C=O) groups excluding carboxylic acids is 1. The lowest BCUT2D eigenvalue weighted by molar-refractivity contribution is -0.870. The number of amides is 1. The summed E-state index contributed by atoms with van der Waals surface area (Å²) < 4.78 is 23.4. The van der Waals surface area contributed by atoms with Crippen LogP contribution in [0.4, 0.5) is 0 Å². The van der Waals surface area contributed by atoms with Crippen molar-refractivity contribution < 1.29 is 32.9 Å². The van der Waals surface area contributed by atoms with Crippen molar-refractivity contribution in [2.45, 2.75) is 302 Å². The quantitative estimate of drug-likeness (QED) is 0.0272. The van der Waals surface area contributed by atoms with Gasteiger partial charge in [0.1, 0.15) is 13.2 Å². The molecule has 3 unspecified atom stereocenters. The molecule has 0 aliphatic rings. The van der Waals surface area contributed by atoms with Gasteiger partial charge in [0, 0.05) is 6.42 Å². The number of hydrogen-bond donors (Lipinski definition) is 2. The molecule has 0 radical (unpaired) electrons. The fraction of sp³-hybridized carbons (Fsp3) is 0.779. The number of allylic oxidation sites excluding steroid dienone is 13. The molecule has 0 aromatic carbocycles. The van der Waals surface area contributed by atoms with Gasteiger partial charge in [-0.05, 0) is 83.5 Å². The molecule has 3 atom stereocenters. The van der Waals surface area contributed by atoms with Crippen LogP contribution in [0, 0.1) is 0 Å². The molecule has 0 spiro atoms. The Kier molecular flexibility index (Phi) is 56.6. The topological polar surface area (TPSA) is 108 Å². The number of unbranched alkanes of at least 4 members (excludes halogenated alkanes) is 34. The summed E-state index contributed by atoms with van der Waals surface area (Å²) in [5.74, 6) is -0.209. The predicted octanol–water partition coefficient (Wildman–Crippen LogP) is 19.7. The molecule has 0 bridgehead atoms. The van der Waals surface area contributed by atoms with Gasteiger partial charge in [-0.3, -0.25) is 9.36 Å². The minimum atomic E-state index is -4.61. The van der Waals surface area contributed by atoms with E-state index in [9.17, 15) is 19.4 Å². The first-order valence-corrected chi connectivity index (χ1v) is 33.9. The number of nitrogens with zero attached hydrogens (tertiary/aromatic N) is 1. The average molecular weight is 1100 g/mol. The minimum Gasteiger partial charge on any atom is -0.756 e. The molecule has 0 rings (SSSR count). The van der Waals surface area contributed by atoms with Crippen LogP contribution < -0.4 is 10.2 Å². The van der Waals surface area contributed by atoms with Crippen molar-refractivity contribution in [3.8, 4) is 0 Å². The summed E-state index contributed by atoms with van der Waals surface area (Å²) in [5, 5.41) is 13.9. The van der Waals surface area contributed by atoms with Gasteiger partial charge in [0.2, 0.25) is 5.91 Å². The number of aliphatic hydroxyl groups is 1. The van der Waals surface area contributed by atoms with Gasteiger partial charge in [-0.1, -0.05) is 285 Å². The van der Waals surface area contributed by atoms with Crippen LogP contribution in [-0.2, 0) is 18.4 Å². The number of quaternary nitrogens is 1. The van der Waals surface area contributed by atoms with E-state index in [1.807, 2.05) is 27.2 Å². The van der Waals surface area contributed by atoms with Crippen molar-refractivity contribution in [2.75, 3.05) is 40.9 Å². The van der Waals surface area contributed by atoms with E-state index in [1.165, 1.54) is 199 Å². The third-order valence-electron chi connectivity index (χ3n) is 14.3. The molecule has 0 aliphatic carbocycles. The Labute approximate surface area is 477 Å². The zero-order valence-corrected chi connectivity index (χ0v) is 52.0. The first kappa shape index (κ1) is 74.7. The van der Waals surface area contributed by atoms with Gasteiger partial charge >= 0.3 is 0 Å². The average Bonchev–Trinajstić information content (AvgIpc) is 3.39. The summed E-state index contributed by atoms with van der Waals surface area (Å²) in [6.07, 6.45) is 82.7. The Morgan fingerprint density at radius 2 is 0.805 bits per heavy atom. The summed E-state index contributed by atoms with van der Waals surface area (Å²) in [4.78, 5) is 25.5. The number of phosphoric ester groups is 1. The predicted molar refractivity (Wildman–Crippen MR) is 334 cm³/mol. The highest BCUT2D eigenvalue weighted by Gasteiger charge is 2.23. The van der Waals surface area contributed by atoms with Crippen molar-refractivity contribution in [1.29, 1.82) is 0 Å². The number of hydrogen-bond acceptors (Lipinski definition) is 6. The highest BCUT2D eigenvalue weighted by atomic mass is 31.2. The lowest BCUT2D eigenvalue weighted by Crippen LogP contribution is -2.45. The van der Waals surface area contributed by atoms with Crippen LogP contribution in [0.5, 0.6) is 0 Å². The molecule has 0 aliphatic heterocycles. The maximum atomic E-state index is 13.0. The Hall–Kier alpha value is -2.32. The van der Waals surface area contributed by atoms with E-state index >= 15 is 0 Å². The molecule has 448 valence electrons. The van der Waals surface area contributed by atoms with Crippen LogP contribution >= 0.6 is 7.82 Å². The van der Waals surface area contributed by atoms with Crippen LogP contribution in [0.1, 0.15) is 290 Å². The normalized spacial score (nSPS) is 14.3.